The molecule has 1 aliphatic heterocycles. The number of hydrogen-bond donors (Lipinski definition) is 2. The van der Waals surface area contributed by atoms with E-state index in [1.54, 1.807) is 0 Å². The number of urea groups is 1. The molecule has 0 aromatic heterocycles. The van der Waals surface area contributed by atoms with E-state index in [1.807, 2.05) is 29.2 Å². The Morgan fingerprint density at radius 2 is 2.12 bits per heavy atom. The first-order valence-corrected chi connectivity index (χ1v) is 9.66. The van der Waals surface area contributed by atoms with Crippen LogP contribution in [0.5, 0.6) is 0 Å². The fraction of sp³-hybridized carbons (Fsp3) is 0.632. The van der Waals surface area contributed by atoms with E-state index in [4.69, 9.17) is 11.6 Å². The highest BCUT2D eigenvalue weighted by Gasteiger charge is 2.32. The summed E-state index contributed by atoms with van der Waals surface area (Å²) < 4.78 is 0. The van der Waals surface area contributed by atoms with Crippen LogP contribution in [0.2, 0.25) is 5.02 Å². The summed E-state index contributed by atoms with van der Waals surface area (Å²) in [4.78, 5) is 16.9. The summed E-state index contributed by atoms with van der Waals surface area (Å²) in [7, 11) is 0. The first kappa shape index (κ1) is 18.5. The quantitative estimate of drug-likeness (QED) is 0.781. The second kappa shape index (κ2) is 8.88. The minimum Gasteiger partial charge on any atom is -0.396 e. The molecular weight excluding hydrogens is 338 g/mol. The molecule has 5 nitrogen and oxygen atoms in total. The summed E-state index contributed by atoms with van der Waals surface area (Å²) in [6, 6.07) is 8.05. The monoisotopic (exact) mass is 365 g/mol. The number of carbonyl (C=O) groups is 1. The van der Waals surface area contributed by atoms with E-state index in [9.17, 15) is 9.90 Å². The molecule has 6 heteroatoms. The number of rotatable bonds is 7. The highest BCUT2D eigenvalue weighted by atomic mass is 35.5. The van der Waals surface area contributed by atoms with Gasteiger partial charge in [-0.15, -0.1) is 0 Å². The Kier molecular flexibility index (Phi) is 6.57. The highest BCUT2D eigenvalue weighted by molar-refractivity contribution is 6.31. The third-order valence-electron chi connectivity index (χ3n) is 5.11. The minimum atomic E-state index is -0.00172. The summed E-state index contributed by atoms with van der Waals surface area (Å²) in [6.07, 6.45) is 4.37. The van der Waals surface area contributed by atoms with Gasteiger partial charge in [-0.3, -0.25) is 0 Å². The lowest BCUT2D eigenvalue weighted by Gasteiger charge is -2.32. The van der Waals surface area contributed by atoms with Crippen LogP contribution in [0.25, 0.3) is 0 Å². The van der Waals surface area contributed by atoms with Crippen molar-refractivity contribution >= 4 is 17.6 Å². The summed E-state index contributed by atoms with van der Waals surface area (Å²) in [6.45, 7) is 4.29. The van der Waals surface area contributed by atoms with Crippen molar-refractivity contribution in [3.63, 3.8) is 0 Å². The summed E-state index contributed by atoms with van der Waals surface area (Å²) in [5, 5.41) is 13.1. The Balaban J connectivity index is 1.47. The van der Waals surface area contributed by atoms with Gasteiger partial charge in [-0.05, 0) is 49.8 Å². The van der Waals surface area contributed by atoms with Crippen LogP contribution in [0.4, 0.5) is 4.79 Å². The number of nitrogens with one attached hydrogen (secondary N) is 1. The normalized spacial score (nSPS) is 21.1. The van der Waals surface area contributed by atoms with E-state index in [1.165, 1.54) is 0 Å². The Morgan fingerprint density at radius 1 is 1.32 bits per heavy atom. The molecule has 0 spiro atoms. The Hall–Kier alpha value is -1.30. The van der Waals surface area contributed by atoms with E-state index >= 15 is 0 Å². The number of carbonyl (C=O) groups excluding carboxylic acids is 1. The molecule has 2 N–H and O–H groups in total. The van der Waals surface area contributed by atoms with Crippen LogP contribution in [0, 0.1) is 5.92 Å². The molecule has 3 rings (SSSR count). The predicted molar refractivity (Wildman–Crippen MR) is 99.7 cm³/mol. The average Bonchev–Trinajstić information content (AvgIpc) is 3.46. The number of nitrogens with zero attached hydrogens (tertiary/aromatic N) is 2. The van der Waals surface area contributed by atoms with Crippen molar-refractivity contribution in [3.8, 4) is 0 Å². The van der Waals surface area contributed by atoms with E-state index in [0.29, 0.717) is 30.1 Å². The van der Waals surface area contributed by atoms with E-state index < -0.39 is 0 Å². The van der Waals surface area contributed by atoms with Gasteiger partial charge in [0.25, 0.3) is 0 Å². The van der Waals surface area contributed by atoms with Crippen molar-refractivity contribution in [3.05, 3.63) is 34.9 Å². The Morgan fingerprint density at radius 3 is 2.84 bits per heavy atom. The third kappa shape index (κ3) is 5.33. The molecule has 2 aliphatic rings. The van der Waals surface area contributed by atoms with Crippen molar-refractivity contribution in [2.75, 3.05) is 32.8 Å². The second-order valence-corrected chi connectivity index (χ2v) is 7.58. The maximum atomic E-state index is 12.6. The Labute approximate surface area is 154 Å². The topological polar surface area (TPSA) is 55.8 Å². The number of piperidine rings is 1. The summed E-state index contributed by atoms with van der Waals surface area (Å²) in [5.74, 6) is 0.382. The number of aliphatic hydroxyl groups excluding tert-OH is 1. The van der Waals surface area contributed by atoms with Crippen molar-refractivity contribution in [2.24, 2.45) is 5.92 Å². The molecular formula is C19H28ClN3O2. The molecule has 1 aliphatic carbocycles. The van der Waals surface area contributed by atoms with Crippen molar-refractivity contribution in [2.45, 2.75) is 38.3 Å². The molecule has 1 aromatic rings. The lowest BCUT2D eigenvalue weighted by Crippen LogP contribution is -2.45. The fourth-order valence-corrected chi connectivity index (χ4v) is 3.68. The van der Waals surface area contributed by atoms with E-state index in [2.05, 4.69) is 10.2 Å². The number of benzene rings is 1. The average molecular weight is 366 g/mol. The van der Waals surface area contributed by atoms with Crippen LogP contribution in [-0.2, 0) is 6.54 Å². The van der Waals surface area contributed by atoms with Crippen LogP contribution in [0.1, 0.15) is 31.2 Å². The van der Waals surface area contributed by atoms with Crippen LogP contribution in [0.3, 0.4) is 0 Å². The molecule has 1 saturated carbocycles. The van der Waals surface area contributed by atoms with Gasteiger partial charge in [-0.25, -0.2) is 4.79 Å². The maximum Gasteiger partial charge on any atom is 0.317 e. The van der Waals surface area contributed by atoms with Gasteiger partial charge in [0.15, 0.2) is 0 Å². The van der Waals surface area contributed by atoms with Crippen LogP contribution >= 0.6 is 11.6 Å². The predicted octanol–water partition coefficient (Wildman–Crippen LogP) is 2.72. The molecule has 0 unspecified atom stereocenters. The van der Waals surface area contributed by atoms with Crippen LogP contribution < -0.4 is 5.32 Å². The first-order chi connectivity index (χ1) is 12.2. The van der Waals surface area contributed by atoms with Crippen LogP contribution in [0.15, 0.2) is 24.3 Å². The van der Waals surface area contributed by atoms with Gasteiger partial charge in [0.05, 0.1) is 0 Å². The first-order valence-electron chi connectivity index (χ1n) is 9.28. The second-order valence-electron chi connectivity index (χ2n) is 7.17. The molecule has 1 heterocycles. The number of likely N-dealkylation sites (tertiary alicyclic amines) is 1. The summed E-state index contributed by atoms with van der Waals surface area (Å²) in [5.41, 5.74) is 0.994. The van der Waals surface area contributed by atoms with Crippen LogP contribution in [-0.4, -0.2) is 59.8 Å². The number of amides is 2. The van der Waals surface area contributed by atoms with Gasteiger partial charge < -0.3 is 20.2 Å². The molecule has 25 heavy (non-hydrogen) atoms. The smallest absolute Gasteiger partial charge is 0.317 e. The number of halogens is 1. The molecule has 0 bridgehead atoms. The van der Waals surface area contributed by atoms with Gasteiger partial charge in [-0.2, -0.15) is 0 Å². The van der Waals surface area contributed by atoms with Crippen molar-refractivity contribution in [1.29, 1.82) is 0 Å². The molecule has 2 amide bonds. The van der Waals surface area contributed by atoms with E-state index in [-0.39, 0.29) is 12.6 Å². The van der Waals surface area contributed by atoms with Crippen molar-refractivity contribution in [1.82, 2.24) is 15.1 Å². The van der Waals surface area contributed by atoms with Gasteiger partial charge in [0.2, 0.25) is 0 Å². The largest absolute Gasteiger partial charge is 0.396 e. The lowest BCUT2D eigenvalue weighted by molar-refractivity contribution is 0.120. The number of hydrogen-bond acceptors (Lipinski definition) is 3. The highest BCUT2D eigenvalue weighted by Crippen LogP contribution is 2.29. The van der Waals surface area contributed by atoms with Gasteiger partial charge in [-0.1, -0.05) is 29.8 Å². The standard InChI is InChI=1S/C19H28ClN3O2/c20-18-6-2-1-5-16(18)13-23(17-7-8-17)19(25)21-9-11-22-10-3-4-15(12-22)14-24/h1-2,5-6,15,17,24H,3-4,7-14H2,(H,21,25)/t15-/m0/s1. The lowest BCUT2D eigenvalue weighted by atomic mass is 9.99. The summed E-state index contributed by atoms with van der Waals surface area (Å²) >= 11 is 6.25. The molecule has 2 fully saturated rings. The zero-order valence-corrected chi connectivity index (χ0v) is 15.4. The fourth-order valence-electron chi connectivity index (χ4n) is 3.49. The minimum absolute atomic E-state index is 0.00172. The third-order valence-corrected chi connectivity index (χ3v) is 5.48. The molecule has 1 saturated heterocycles. The van der Waals surface area contributed by atoms with Crippen molar-refractivity contribution < 1.29 is 9.90 Å². The van der Waals surface area contributed by atoms with Gasteiger partial charge in [0.1, 0.15) is 0 Å². The van der Waals surface area contributed by atoms with Gasteiger partial charge in [0, 0.05) is 43.9 Å². The molecule has 1 atom stereocenters. The molecule has 1 aromatic carbocycles. The zero-order valence-electron chi connectivity index (χ0n) is 14.7. The zero-order chi connectivity index (χ0) is 17.6. The molecule has 138 valence electrons. The maximum absolute atomic E-state index is 12.6. The SMILES string of the molecule is O=C(NCCN1CCC[C@H](CO)C1)N(Cc1ccccc1Cl)C1CC1. The molecule has 0 radical (unpaired) electrons. The number of aliphatic hydroxyl groups is 1. The Bertz CT molecular complexity index is 580. The van der Waals surface area contributed by atoms with Gasteiger partial charge >= 0.3 is 6.03 Å². The van der Waals surface area contributed by atoms with E-state index in [0.717, 1.165) is 50.9 Å².